The summed E-state index contributed by atoms with van der Waals surface area (Å²) in [6.07, 6.45) is 0.142. The minimum Gasteiger partial charge on any atom is -0.456 e. The topological polar surface area (TPSA) is 46.6 Å². The van der Waals surface area contributed by atoms with Gasteiger partial charge in [-0.15, -0.1) is 0 Å². The summed E-state index contributed by atoms with van der Waals surface area (Å²) >= 11 is 12.3. The molecule has 132 valence electrons. The Hall–Kier alpha value is -2.30. The molecule has 0 aliphatic carbocycles. The van der Waals surface area contributed by atoms with Crippen molar-refractivity contribution in [1.29, 1.82) is 0 Å². The van der Waals surface area contributed by atoms with Gasteiger partial charge in [-0.05, 0) is 36.8 Å². The van der Waals surface area contributed by atoms with Crippen LogP contribution in [-0.2, 0) is 14.3 Å². The molecule has 4 rings (SSSR count). The van der Waals surface area contributed by atoms with Gasteiger partial charge < -0.3 is 4.74 Å². The molecule has 0 fully saturated rings. The highest BCUT2D eigenvalue weighted by Gasteiger charge is 2.43. The highest BCUT2D eigenvalue weighted by Crippen LogP contribution is 2.44. The van der Waals surface area contributed by atoms with Crippen LogP contribution in [0.4, 0.5) is 5.69 Å². The second-order valence-corrected chi connectivity index (χ2v) is 7.27. The smallest absolute Gasteiger partial charge is 0.336 e. The fourth-order valence-corrected chi connectivity index (χ4v) is 4.04. The summed E-state index contributed by atoms with van der Waals surface area (Å²) in [5.41, 5.74) is 3.61. The summed E-state index contributed by atoms with van der Waals surface area (Å²) < 4.78 is 5.26. The van der Waals surface area contributed by atoms with Gasteiger partial charge in [0.05, 0.1) is 11.3 Å². The zero-order valence-electron chi connectivity index (χ0n) is 14.0. The summed E-state index contributed by atoms with van der Waals surface area (Å²) in [5, 5.41) is 0.941. The fraction of sp³-hybridized carbons (Fsp3) is 0.200. The van der Waals surface area contributed by atoms with Crippen LogP contribution in [0.5, 0.6) is 0 Å². The molecule has 0 radical (unpaired) electrons. The van der Waals surface area contributed by atoms with Crippen molar-refractivity contribution in [1.82, 2.24) is 0 Å². The second kappa shape index (κ2) is 6.45. The van der Waals surface area contributed by atoms with E-state index in [2.05, 4.69) is 0 Å². The Labute approximate surface area is 161 Å². The van der Waals surface area contributed by atoms with E-state index in [1.807, 2.05) is 31.2 Å². The normalized spacial score (nSPS) is 19.7. The quantitative estimate of drug-likeness (QED) is 0.705. The molecule has 2 aliphatic rings. The lowest BCUT2D eigenvalue weighted by atomic mass is 9.84. The van der Waals surface area contributed by atoms with Crippen molar-refractivity contribution in [2.75, 3.05) is 11.5 Å². The van der Waals surface area contributed by atoms with E-state index in [4.69, 9.17) is 27.9 Å². The van der Waals surface area contributed by atoms with E-state index in [1.165, 1.54) is 0 Å². The molecular formula is C20H15Cl2NO3. The molecule has 4 nitrogen and oxygen atoms in total. The van der Waals surface area contributed by atoms with Gasteiger partial charge in [0, 0.05) is 28.1 Å². The first kappa shape index (κ1) is 17.1. The molecule has 0 spiro atoms. The molecule has 0 N–H and O–H groups in total. The maximum absolute atomic E-state index is 12.9. The lowest BCUT2D eigenvalue weighted by Crippen LogP contribution is -2.37. The van der Waals surface area contributed by atoms with Gasteiger partial charge in [-0.1, -0.05) is 47.0 Å². The van der Waals surface area contributed by atoms with Crippen LogP contribution in [0.15, 0.2) is 53.7 Å². The van der Waals surface area contributed by atoms with Gasteiger partial charge in [0.2, 0.25) is 5.91 Å². The summed E-state index contributed by atoms with van der Waals surface area (Å²) in [7, 11) is 0. The number of ether oxygens (including phenoxy) is 1. The highest BCUT2D eigenvalue weighted by molar-refractivity contribution is 6.35. The highest BCUT2D eigenvalue weighted by atomic mass is 35.5. The summed E-state index contributed by atoms with van der Waals surface area (Å²) in [5.74, 6) is -0.929. The average molecular weight is 388 g/mol. The largest absolute Gasteiger partial charge is 0.456 e. The van der Waals surface area contributed by atoms with Gasteiger partial charge in [-0.25, -0.2) is 4.79 Å². The van der Waals surface area contributed by atoms with Crippen molar-refractivity contribution in [2.24, 2.45) is 0 Å². The molecule has 6 heteroatoms. The number of hydrogen-bond acceptors (Lipinski definition) is 3. The molecular weight excluding hydrogens is 373 g/mol. The van der Waals surface area contributed by atoms with Gasteiger partial charge in [-0.2, -0.15) is 0 Å². The Kier molecular flexibility index (Phi) is 4.25. The Morgan fingerprint density at radius 2 is 1.81 bits per heavy atom. The molecule has 2 heterocycles. The van der Waals surface area contributed by atoms with E-state index in [0.29, 0.717) is 26.9 Å². The van der Waals surface area contributed by atoms with Crippen molar-refractivity contribution >= 4 is 40.8 Å². The van der Waals surface area contributed by atoms with Gasteiger partial charge in [0.1, 0.15) is 6.61 Å². The van der Waals surface area contributed by atoms with Crippen LogP contribution in [0.25, 0.3) is 0 Å². The number of aryl methyl sites for hydroxylation is 1. The zero-order valence-corrected chi connectivity index (χ0v) is 15.5. The Bertz CT molecular complexity index is 950. The third kappa shape index (κ3) is 2.79. The van der Waals surface area contributed by atoms with Crippen molar-refractivity contribution < 1.29 is 14.3 Å². The van der Waals surface area contributed by atoms with Crippen molar-refractivity contribution in [3.63, 3.8) is 0 Å². The molecule has 1 amide bonds. The fourth-order valence-electron chi connectivity index (χ4n) is 3.50. The maximum atomic E-state index is 12.9. The number of halogens is 2. The summed E-state index contributed by atoms with van der Waals surface area (Å²) in [4.78, 5) is 27.0. The third-order valence-electron chi connectivity index (χ3n) is 4.75. The molecule has 2 aliphatic heterocycles. The molecule has 26 heavy (non-hydrogen) atoms. The minimum atomic E-state index is -0.432. The third-order valence-corrected chi connectivity index (χ3v) is 5.31. The van der Waals surface area contributed by atoms with Crippen LogP contribution in [0.2, 0.25) is 10.0 Å². The molecule has 0 aromatic heterocycles. The lowest BCUT2D eigenvalue weighted by Gasteiger charge is -2.32. The Balaban J connectivity index is 1.84. The number of nitrogens with zero attached hydrogens (tertiary/aromatic N) is 1. The van der Waals surface area contributed by atoms with Crippen LogP contribution < -0.4 is 4.90 Å². The monoisotopic (exact) mass is 387 g/mol. The molecule has 0 unspecified atom stereocenters. The van der Waals surface area contributed by atoms with E-state index in [0.717, 1.165) is 11.3 Å². The number of rotatable bonds is 2. The van der Waals surface area contributed by atoms with Gasteiger partial charge in [0.25, 0.3) is 0 Å². The minimum absolute atomic E-state index is 0.0789. The van der Waals surface area contributed by atoms with E-state index < -0.39 is 11.9 Å². The SMILES string of the molecule is Cc1ccc(N2C(=O)C[C@H](c3ccc(Cl)cc3Cl)C3=C2COC3=O)cc1. The number of cyclic esters (lactones) is 1. The van der Waals surface area contributed by atoms with Crippen molar-refractivity contribution in [3.05, 3.63) is 74.9 Å². The van der Waals surface area contributed by atoms with Crippen LogP contribution in [-0.4, -0.2) is 18.5 Å². The number of anilines is 1. The van der Waals surface area contributed by atoms with E-state index in [-0.39, 0.29) is 18.9 Å². The molecule has 2 aromatic rings. The predicted octanol–water partition coefficient (Wildman–Crippen LogP) is 4.63. The van der Waals surface area contributed by atoms with Gasteiger partial charge in [-0.3, -0.25) is 9.69 Å². The van der Waals surface area contributed by atoms with Crippen LogP contribution in [0.3, 0.4) is 0 Å². The van der Waals surface area contributed by atoms with E-state index in [9.17, 15) is 9.59 Å². The number of carbonyl (C=O) groups is 2. The van der Waals surface area contributed by atoms with Crippen molar-refractivity contribution in [2.45, 2.75) is 19.3 Å². The van der Waals surface area contributed by atoms with Gasteiger partial charge in [0.15, 0.2) is 0 Å². The first-order valence-electron chi connectivity index (χ1n) is 8.20. The zero-order chi connectivity index (χ0) is 18.4. The van der Waals surface area contributed by atoms with Crippen LogP contribution in [0.1, 0.15) is 23.5 Å². The number of esters is 1. The van der Waals surface area contributed by atoms with Crippen LogP contribution in [0, 0.1) is 6.92 Å². The Morgan fingerprint density at radius 1 is 1.08 bits per heavy atom. The number of benzene rings is 2. The summed E-state index contributed by atoms with van der Waals surface area (Å²) in [6, 6.07) is 12.7. The molecule has 0 saturated heterocycles. The Morgan fingerprint density at radius 3 is 2.50 bits per heavy atom. The molecule has 2 aromatic carbocycles. The number of amides is 1. The van der Waals surface area contributed by atoms with Gasteiger partial charge >= 0.3 is 5.97 Å². The lowest BCUT2D eigenvalue weighted by molar-refractivity contribution is -0.136. The predicted molar refractivity (Wildman–Crippen MR) is 100 cm³/mol. The molecule has 0 bridgehead atoms. The number of hydrogen-bond donors (Lipinski definition) is 0. The molecule has 0 saturated carbocycles. The van der Waals surface area contributed by atoms with E-state index >= 15 is 0 Å². The first-order chi connectivity index (χ1) is 12.5. The van der Waals surface area contributed by atoms with Crippen molar-refractivity contribution in [3.8, 4) is 0 Å². The summed E-state index contributed by atoms with van der Waals surface area (Å²) in [6.45, 7) is 2.06. The average Bonchev–Trinajstić information content (AvgIpc) is 2.97. The standard InChI is InChI=1S/C20H15Cl2NO3/c1-11-2-5-13(6-3-11)23-17-10-26-20(25)19(17)15(9-18(23)24)14-7-4-12(21)8-16(14)22/h2-8,15H,9-10H2,1H3/t15-/m1/s1. The van der Waals surface area contributed by atoms with E-state index in [1.54, 1.807) is 23.1 Å². The maximum Gasteiger partial charge on any atom is 0.336 e. The number of carbonyl (C=O) groups excluding carboxylic acids is 2. The second-order valence-electron chi connectivity index (χ2n) is 6.42. The van der Waals surface area contributed by atoms with Crippen LogP contribution >= 0.6 is 23.2 Å². The first-order valence-corrected chi connectivity index (χ1v) is 8.96. The molecule has 1 atom stereocenters.